The molecule has 0 aliphatic rings. The molecule has 0 fully saturated rings. The molecule has 0 saturated carbocycles. The molecule has 0 aliphatic heterocycles. The average molecular weight is 233 g/mol. The Bertz CT molecular complexity index is 363. The molecule has 1 aromatic carbocycles. The fourth-order valence-electron chi connectivity index (χ4n) is 1.39. The van der Waals surface area contributed by atoms with E-state index in [1.165, 1.54) is 6.07 Å². The Morgan fingerprint density at radius 1 is 1.38 bits per heavy atom. The van der Waals surface area contributed by atoms with Crippen LogP contribution >= 0.6 is 0 Å². The first-order valence-electron chi connectivity index (χ1n) is 4.91. The first-order chi connectivity index (χ1) is 7.30. The van der Waals surface area contributed by atoms with Gasteiger partial charge in [0.1, 0.15) is 11.8 Å². The van der Waals surface area contributed by atoms with Crippen LogP contribution in [0.15, 0.2) is 18.2 Å². The van der Waals surface area contributed by atoms with E-state index in [4.69, 9.17) is 5.73 Å². The van der Waals surface area contributed by atoms with Gasteiger partial charge in [0.25, 0.3) is 0 Å². The highest BCUT2D eigenvalue weighted by Crippen LogP contribution is 2.25. The minimum atomic E-state index is -4.38. The van der Waals surface area contributed by atoms with Crippen molar-refractivity contribution in [2.75, 3.05) is 0 Å². The first-order valence-corrected chi connectivity index (χ1v) is 4.91. The van der Waals surface area contributed by atoms with Gasteiger partial charge in [-0.2, -0.15) is 13.2 Å². The third-order valence-corrected chi connectivity index (χ3v) is 2.38. The number of benzene rings is 1. The summed E-state index contributed by atoms with van der Waals surface area (Å²) in [5.41, 5.74) is 6.38. The number of rotatable bonds is 3. The maximum absolute atomic E-state index is 12.1. The minimum absolute atomic E-state index is 0.0139. The van der Waals surface area contributed by atoms with Crippen LogP contribution in [-0.4, -0.2) is 17.3 Å². The van der Waals surface area contributed by atoms with Crippen LogP contribution in [0.5, 0.6) is 5.75 Å². The second-order valence-electron chi connectivity index (χ2n) is 3.82. The predicted molar refractivity (Wildman–Crippen MR) is 55.2 cm³/mol. The van der Waals surface area contributed by atoms with Crippen molar-refractivity contribution >= 4 is 0 Å². The maximum atomic E-state index is 12.1. The number of halogens is 3. The molecule has 0 heterocycles. The second-order valence-corrected chi connectivity index (χ2v) is 3.82. The van der Waals surface area contributed by atoms with Gasteiger partial charge in [0.05, 0.1) is 0 Å². The van der Waals surface area contributed by atoms with Gasteiger partial charge >= 0.3 is 6.18 Å². The standard InChI is InChI=1S/C11H14F3NO/c1-7-2-4-9(16)8(6-7)3-5-10(15)11(12,13)14/h2,4,6,10,16H,3,5,15H2,1H3. The maximum Gasteiger partial charge on any atom is 0.403 e. The number of aryl methyl sites for hydroxylation is 2. The highest BCUT2D eigenvalue weighted by atomic mass is 19.4. The van der Waals surface area contributed by atoms with Crippen LogP contribution in [0.25, 0.3) is 0 Å². The van der Waals surface area contributed by atoms with Gasteiger partial charge in [0, 0.05) is 0 Å². The normalized spacial score (nSPS) is 13.8. The highest BCUT2D eigenvalue weighted by molar-refractivity contribution is 5.35. The molecule has 0 spiro atoms. The summed E-state index contributed by atoms with van der Waals surface area (Å²) in [7, 11) is 0. The Balaban J connectivity index is 2.64. The van der Waals surface area contributed by atoms with E-state index in [2.05, 4.69) is 0 Å². The molecule has 1 rings (SSSR count). The minimum Gasteiger partial charge on any atom is -0.508 e. The van der Waals surface area contributed by atoms with E-state index in [0.717, 1.165) is 5.56 Å². The van der Waals surface area contributed by atoms with E-state index in [-0.39, 0.29) is 18.6 Å². The molecule has 2 nitrogen and oxygen atoms in total. The Hall–Kier alpha value is -1.23. The smallest absolute Gasteiger partial charge is 0.403 e. The van der Waals surface area contributed by atoms with Gasteiger partial charge in [0.2, 0.25) is 0 Å². The monoisotopic (exact) mass is 233 g/mol. The van der Waals surface area contributed by atoms with Crippen LogP contribution in [0.3, 0.4) is 0 Å². The lowest BCUT2D eigenvalue weighted by atomic mass is 10.0. The summed E-state index contributed by atoms with van der Waals surface area (Å²) in [6, 6.07) is 3.00. The third kappa shape index (κ3) is 3.41. The van der Waals surface area contributed by atoms with Crippen molar-refractivity contribution in [3.05, 3.63) is 29.3 Å². The van der Waals surface area contributed by atoms with E-state index in [0.29, 0.717) is 5.56 Å². The number of phenolic OH excluding ortho intramolecular Hbond substituents is 1. The molecule has 1 aromatic rings. The molecule has 0 aliphatic carbocycles. The SMILES string of the molecule is Cc1ccc(O)c(CCC(N)C(F)(F)F)c1. The molecule has 0 aromatic heterocycles. The van der Waals surface area contributed by atoms with Crippen molar-refractivity contribution < 1.29 is 18.3 Å². The van der Waals surface area contributed by atoms with Gasteiger partial charge < -0.3 is 10.8 Å². The molecular formula is C11H14F3NO. The number of aromatic hydroxyl groups is 1. The van der Waals surface area contributed by atoms with Crippen LogP contribution in [-0.2, 0) is 6.42 Å². The molecule has 90 valence electrons. The zero-order valence-corrected chi connectivity index (χ0v) is 8.88. The molecular weight excluding hydrogens is 219 g/mol. The number of nitrogens with two attached hydrogens (primary N) is 1. The quantitative estimate of drug-likeness (QED) is 0.842. The Kier molecular flexibility index (Phi) is 3.80. The van der Waals surface area contributed by atoms with E-state index in [1.807, 2.05) is 6.92 Å². The zero-order chi connectivity index (χ0) is 12.3. The van der Waals surface area contributed by atoms with Crippen LogP contribution < -0.4 is 5.73 Å². The van der Waals surface area contributed by atoms with Crippen LogP contribution in [0.1, 0.15) is 17.5 Å². The van der Waals surface area contributed by atoms with Gasteiger partial charge in [-0.05, 0) is 31.4 Å². The summed E-state index contributed by atoms with van der Waals surface area (Å²) < 4.78 is 36.4. The number of hydrogen-bond acceptors (Lipinski definition) is 2. The summed E-state index contributed by atoms with van der Waals surface area (Å²) >= 11 is 0. The molecule has 1 atom stereocenters. The molecule has 0 saturated heterocycles. The summed E-state index contributed by atoms with van der Waals surface area (Å²) in [5, 5.41) is 9.43. The van der Waals surface area contributed by atoms with Gasteiger partial charge in [-0.25, -0.2) is 0 Å². The van der Waals surface area contributed by atoms with Crippen molar-refractivity contribution in [2.45, 2.75) is 32.0 Å². The first kappa shape index (κ1) is 12.8. The van der Waals surface area contributed by atoms with Gasteiger partial charge in [-0.1, -0.05) is 17.7 Å². The molecule has 3 N–H and O–H groups in total. The number of phenols is 1. The van der Waals surface area contributed by atoms with Crippen LogP contribution in [0, 0.1) is 6.92 Å². The summed E-state index contributed by atoms with van der Waals surface area (Å²) in [4.78, 5) is 0. The van der Waals surface area contributed by atoms with E-state index in [1.54, 1.807) is 12.1 Å². The third-order valence-electron chi connectivity index (χ3n) is 2.38. The van der Waals surface area contributed by atoms with Crippen LogP contribution in [0.2, 0.25) is 0 Å². The van der Waals surface area contributed by atoms with E-state index < -0.39 is 12.2 Å². The number of hydrogen-bond donors (Lipinski definition) is 2. The molecule has 0 bridgehead atoms. The molecule has 1 unspecified atom stereocenters. The molecule has 5 heteroatoms. The van der Waals surface area contributed by atoms with Gasteiger partial charge in [-0.3, -0.25) is 0 Å². The zero-order valence-electron chi connectivity index (χ0n) is 8.88. The predicted octanol–water partition coefficient (Wildman–Crippen LogP) is 2.52. The lowest BCUT2D eigenvalue weighted by Crippen LogP contribution is -2.37. The lowest BCUT2D eigenvalue weighted by Gasteiger charge is -2.15. The molecule has 0 amide bonds. The van der Waals surface area contributed by atoms with E-state index >= 15 is 0 Å². The fourth-order valence-corrected chi connectivity index (χ4v) is 1.39. The van der Waals surface area contributed by atoms with Crippen molar-refractivity contribution in [1.82, 2.24) is 0 Å². The average Bonchev–Trinajstić information content (AvgIpc) is 2.17. The van der Waals surface area contributed by atoms with Crippen molar-refractivity contribution in [1.29, 1.82) is 0 Å². The van der Waals surface area contributed by atoms with E-state index in [9.17, 15) is 18.3 Å². The van der Waals surface area contributed by atoms with Gasteiger partial charge in [-0.15, -0.1) is 0 Å². The summed E-state index contributed by atoms with van der Waals surface area (Å²) in [6.45, 7) is 1.81. The Morgan fingerprint density at radius 2 is 2.00 bits per heavy atom. The Morgan fingerprint density at radius 3 is 2.56 bits per heavy atom. The van der Waals surface area contributed by atoms with Crippen LogP contribution in [0.4, 0.5) is 13.2 Å². The van der Waals surface area contributed by atoms with Crippen molar-refractivity contribution in [2.24, 2.45) is 5.73 Å². The highest BCUT2D eigenvalue weighted by Gasteiger charge is 2.36. The molecule has 0 radical (unpaired) electrons. The summed E-state index contributed by atoms with van der Waals surface area (Å²) in [5.74, 6) is 0.0139. The molecule has 16 heavy (non-hydrogen) atoms. The van der Waals surface area contributed by atoms with Crippen molar-refractivity contribution in [3.8, 4) is 5.75 Å². The summed E-state index contributed by atoms with van der Waals surface area (Å²) in [6.07, 6.45) is -4.48. The number of alkyl halides is 3. The lowest BCUT2D eigenvalue weighted by molar-refractivity contribution is -0.148. The largest absolute Gasteiger partial charge is 0.508 e. The van der Waals surface area contributed by atoms with Gasteiger partial charge in [0.15, 0.2) is 0 Å². The fraction of sp³-hybridized carbons (Fsp3) is 0.455. The Labute approximate surface area is 91.9 Å². The topological polar surface area (TPSA) is 46.2 Å². The second kappa shape index (κ2) is 4.74. The van der Waals surface area contributed by atoms with Crippen molar-refractivity contribution in [3.63, 3.8) is 0 Å².